The second kappa shape index (κ2) is 12.2. The first-order valence-electron chi connectivity index (χ1n) is 11.3. The summed E-state index contributed by atoms with van der Waals surface area (Å²) in [6, 6.07) is -0.999. The lowest BCUT2D eigenvalue weighted by Gasteiger charge is -2.32. The molecule has 2 aliphatic carbocycles. The van der Waals surface area contributed by atoms with Gasteiger partial charge >= 0.3 is 5.97 Å². The topological polar surface area (TPSA) is 166 Å². The van der Waals surface area contributed by atoms with E-state index in [1.807, 2.05) is 0 Å². The first kappa shape index (κ1) is 26.1. The van der Waals surface area contributed by atoms with Gasteiger partial charge in [-0.1, -0.05) is 18.9 Å². The Labute approximate surface area is 190 Å². The van der Waals surface area contributed by atoms with Crippen molar-refractivity contribution in [2.24, 2.45) is 22.4 Å². The molecular weight excluding hydrogens is 434 g/mol. The molecule has 0 bridgehead atoms. The normalized spacial score (nSPS) is 27.0. The van der Waals surface area contributed by atoms with E-state index in [2.05, 4.69) is 21.6 Å². The zero-order chi connectivity index (χ0) is 23.7. The van der Waals surface area contributed by atoms with Gasteiger partial charge in [0.25, 0.3) is 0 Å². The van der Waals surface area contributed by atoms with Crippen LogP contribution in [-0.2, 0) is 24.3 Å². The summed E-state index contributed by atoms with van der Waals surface area (Å²) in [5.41, 5.74) is 10.9. The number of nitrogens with zero attached hydrogens (tertiary/aromatic N) is 1. The molecule has 5 atom stereocenters. The summed E-state index contributed by atoms with van der Waals surface area (Å²) in [4.78, 5) is 28.7. The second-order valence-electron chi connectivity index (χ2n) is 8.58. The number of rotatable bonds is 10. The molecule has 2 fully saturated rings. The van der Waals surface area contributed by atoms with Crippen LogP contribution in [0, 0.1) is 5.92 Å². The number of nitrogens with two attached hydrogens (primary N) is 2. The van der Waals surface area contributed by atoms with Gasteiger partial charge in [0.1, 0.15) is 0 Å². The second-order valence-corrected chi connectivity index (χ2v) is 10.6. The molecule has 10 nitrogen and oxygen atoms in total. The molecule has 32 heavy (non-hydrogen) atoms. The largest absolute Gasteiger partial charge is 0.466 e. The lowest BCUT2D eigenvalue weighted by molar-refractivity contribution is -0.143. The van der Waals surface area contributed by atoms with Gasteiger partial charge in [-0.05, 0) is 45.4 Å². The summed E-state index contributed by atoms with van der Waals surface area (Å²) in [5, 5.41) is 2.40. The molecule has 5 unspecified atom stereocenters. The standard InChI is InChI=1S/C21H37N5O5S/c1-3-15(13-19(27)31-4-2)26-32(29,30)18-10-6-9-17(12-18)24-20(28)14-7-5-8-16(11-14)25-21(22)23/h3,14-18,26H,1,4-13H2,2H3,(H,24,28)(H4,22,23,25). The van der Waals surface area contributed by atoms with Crippen molar-refractivity contribution in [1.82, 2.24) is 10.0 Å². The van der Waals surface area contributed by atoms with Gasteiger partial charge in [0, 0.05) is 18.0 Å². The van der Waals surface area contributed by atoms with E-state index in [-0.39, 0.29) is 42.9 Å². The lowest BCUT2D eigenvalue weighted by Crippen LogP contribution is -2.48. The molecule has 2 aliphatic rings. The number of esters is 1. The zero-order valence-corrected chi connectivity index (χ0v) is 19.6. The molecule has 6 N–H and O–H groups in total. The highest BCUT2D eigenvalue weighted by Gasteiger charge is 2.35. The van der Waals surface area contributed by atoms with Crippen LogP contribution in [0.2, 0.25) is 0 Å². The Kier molecular flexibility index (Phi) is 9.95. The van der Waals surface area contributed by atoms with Crippen LogP contribution in [0.3, 0.4) is 0 Å². The predicted molar refractivity (Wildman–Crippen MR) is 123 cm³/mol. The van der Waals surface area contributed by atoms with Crippen molar-refractivity contribution in [3.8, 4) is 0 Å². The highest BCUT2D eigenvalue weighted by molar-refractivity contribution is 7.90. The number of sulfonamides is 1. The number of ether oxygens (including phenoxy) is 1. The van der Waals surface area contributed by atoms with Gasteiger partial charge < -0.3 is 21.5 Å². The lowest BCUT2D eigenvalue weighted by atomic mass is 9.84. The zero-order valence-electron chi connectivity index (χ0n) is 18.8. The summed E-state index contributed by atoms with van der Waals surface area (Å²) < 4.78 is 33.3. The van der Waals surface area contributed by atoms with Crippen molar-refractivity contribution in [2.75, 3.05) is 6.61 Å². The third kappa shape index (κ3) is 8.09. The quantitative estimate of drug-likeness (QED) is 0.157. The first-order valence-corrected chi connectivity index (χ1v) is 12.9. The average Bonchev–Trinajstić information content (AvgIpc) is 2.73. The monoisotopic (exact) mass is 471 g/mol. The minimum absolute atomic E-state index is 0.0321. The summed E-state index contributed by atoms with van der Waals surface area (Å²) in [7, 11) is -3.70. The number of amides is 1. The summed E-state index contributed by atoms with van der Waals surface area (Å²) >= 11 is 0. The molecule has 0 heterocycles. The molecule has 0 radical (unpaired) electrons. The van der Waals surface area contributed by atoms with Gasteiger partial charge in [0.15, 0.2) is 5.96 Å². The summed E-state index contributed by atoms with van der Waals surface area (Å²) in [5.74, 6) is -0.700. The Morgan fingerprint density at radius 2 is 1.91 bits per heavy atom. The van der Waals surface area contributed by atoms with Gasteiger partial charge in [0.2, 0.25) is 15.9 Å². The van der Waals surface area contributed by atoms with Gasteiger partial charge in [-0.3, -0.25) is 14.6 Å². The van der Waals surface area contributed by atoms with Crippen LogP contribution >= 0.6 is 0 Å². The van der Waals surface area contributed by atoms with E-state index in [9.17, 15) is 18.0 Å². The fourth-order valence-corrected chi connectivity index (χ4v) is 6.24. The predicted octanol–water partition coefficient (Wildman–Crippen LogP) is 0.673. The van der Waals surface area contributed by atoms with Crippen LogP contribution in [0.15, 0.2) is 17.6 Å². The maximum Gasteiger partial charge on any atom is 0.307 e. The number of nitrogens with one attached hydrogen (secondary N) is 2. The van der Waals surface area contributed by atoms with Crippen molar-refractivity contribution in [3.05, 3.63) is 12.7 Å². The maximum atomic E-state index is 12.9. The molecule has 2 rings (SSSR count). The van der Waals surface area contributed by atoms with Crippen molar-refractivity contribution >= 4 is 27.9 Å². The fourth-order valence-electron chi connectivity index (χ4n) is 4.49. The summed E-state index contributed by atoms with van der Waals surface area (Å²) in [6.07, 6.45) is 6.62. The van der Waals surface area contributed by atoms with Crippen LogP contribution < -0.4 is 21.5 Å². The molecule has 0 spiro atoms. The third-order valence-electron chi connectivity index (χ3n) is 6.05. The molecule has 0 aromatic heterocycles. The van der Waals surface area contributed by atoms with E-state index in [0.29, 0.717) is 25.7 Å². The van der Waals surface area contributed by atoms with Gasteiger partial charge in [0.05, 0.1) is 24.3 Å². The van der Waals surface area contributed by atoms with Crippen LogP contribution in [0.4, 0.5) is 0 Å². The maximum absolute atomic E-state index is 12.9. The van der Waals surface area contributed by atoms with Crippen molar-refractivity contribution in [3.63, 3.8) is 0 Å². The van der Waals surface area contributed by atoms with Crippen LogP contribution in [0.5, 0.6) is 0 Å². The highest BCUT2D eigenvalue weighted by Crippen LogP contribution is 2.28. The highest BCUT2D eigenvalue weighted by atomic mass is 32.2. The molecule has 182 valence electrons. The van der Waals surface area contributed by atoms with E-state index in [1.54, 1.807) is 6.92 Å². The molecule has 11 heteroatoms. The molecule has 0 aliphatic heterocycles. The number of aliphatic imine (C=N–C) groups is 1. The Morgan fingerprint density at radius 3 is 2.56 bits per heavy atom. The molecule has 2 saturated carbocycles. The first-order chi connectivity index (χ1) is 15.1. The number of carbonyl (C=O) groups excluding carboxylic acids is 2. The van der Waals surface area contributed by atoms with Crippen molar-refractivity contribution < 1.29 is 22.7 Å². The number of carbonyl (C=O) groups is 2. The fraction of sp³-hybridized carbons (Fsp3) is 0.762. The number of hydrogen-bond acceptors (Lipinski definition) is 6. The summed E-state index contributed by atoms with van der Waals surface area (Å²) in [6.45, 7) is 5.54. The molecule has 1 amide bonds. The van der Waals surface area contributed by atoms with Crippen LogP contribution in [0.1, 0.15) is 64.7 Å². The molecule has 0 aromatic rings. The Balaban J connectivity index is 1.92. The van der Waals surface area contributed by atoms with Crippen LogP contribution in [0.25, 0.3) is 0 Å². The average molecular weight is 472 g/mol. The molecular formula is C21H37N5O5S. The third-order valence-corrected chi connectivity index (χ3v) is 7.99. The number of guanidine groups is 1. The van der Waals surface area contributed by atoms with E-state index >= 15 is 0 Å². The minimum atomic E-state index is -3.70. The van der Waals surface area contributed by atoms with Gasteiger partial charge in [-0.2, -0.15) is 0 Å². The molecule has 0 saturated heterocycles. The Bertz CT molecular complexity index is 796. The van der Waals surface area contributed by atoms with Crippen LogP contribution in [-0.4, -0.2) is 56.2 Å². The van der Waals surface area contributed by atoms with E-state index in [1.165, 1.54) is 6.08 Å². The Morgan fingerprint density at radius 1 is 1.19 bits per heavy atom. The SMILES string of the molecule is C=CC(CC(=O)OCC)NS(=O)(=O)C1CCCC(NC(=O)C2CCCC(N=C(N)N)C2)C1. The smallest absolute Gasteiger partial charge is 0.307 e. The minimum Gasteiger partial charge on any atom is -0.466 e. The van der Waals surface area contributed by atoms with E-state index in [0.717, 1.165) is 25.7 Å². The number of hydrogen-bond donors (Lipinski definition) is 4. The van der Waals surface area contributed by atoms with Gasteiger partial charge in [-0.25, -0.2) is 13.1 Å². The van der Waals surface area contributed by atoms with Gasteiger partial charge in [-0.15, -0.1) is 6.58 Å². The van der Waals surface area contributed by atoms with E-state index in [4.69, 9.17) is 16.2 Å². The Hall–Kier alpha value is -2.14. The van der Waals surface area contributed by atoms with Crippen molar-refractivity contribution in [1.29, 1.82) is 0 Å². The van der Waals surface area contributed by atoms with E-state index < -0.39 is 27.3 Å². The van der Waals surface area contributed by atoms with Crippen molar-refractivity contribution in [2.45, 2.75) is 88.1 Å². The molecule has 0 aromatic carbocycles.